The summed E-state index contributed by atoms with van der Waals surface area (Å²) in [5.41, 5.74) is 5.41. The average molecular weight is 329 g/mol. The summed E-state index contributed by atoms with van der Waals surface area (Å²) >= 11 is 0. The number of halogens is 1. The second kappa shape index (κ2) is 9.58. The maximum atomic E-state index is 11.9. The van der Waals surface area contributed by atoms with Crippen LogP contribution in [0, 0.1) is 5.41 Å². The number of hydrogen-bond acceptors (Lipinski definition) is 4. The Bertz CT molecular complexity index is 383. The molecule has 0 radical (unpaired) electrons. The Morgan fingerprint density at radius 3 is 2.25 bits per heavy atom. The molecule has 0 aromatic rings. The summed E-state index contributed by atoms with van der Waals surface area (Å²) in [6.07, 6.45) is 2.47. The largest absolute Gasteiger partial charge is 0.344 e. The fourth-order valence-electron chi connectivity index (χ4n) is 1.74. The summed E-state index contributed by atoms with van der Waals surface area (Å²) in [7, 11) is -1.66. The van der Waals surface area contributed by atoms with Crippen LogP contribution < -0.4 is 5.73 Å². The van der Waals surface area contributed by atoms with Gasteiger partial charge in [-0.3, -0.25) is 4.79 Å². The number of unbranched alkanes of at least 4 members (excludes halogenated alkanes) is 2. The van der Waals surface area contributed by atoms with Crippen molar-refractivity contribution in [2.75, 3.05) is 31.6 Å². The van der Waals surface area contributed by atoms with Crippen molar-refractivity contribution in [3.8, 4) is 0 Å². The van der Waals surface area contributed by atoms with E-state index in [1.54, 1.807) is 7.05 Å². The third-order valence-corrected chi connectivity index (χ3v) is 4.64. The Balaban J connectivity index is 0. The van der Waals surface area contributed by atoms with E-state index in [0.717, 1.165) is 12.8 Å². The molecule has 0 aliphatic heterocycles. The maximum absolute atomic E-state index is 11.9. The van der Waals surface area contributed by atoms with Gasteiger partial charge < -0.3 is 10.6 Å². The van der Waals surface area contributed by atoms with Gasteiger partial charge in [-0.05, 0) is 18.4 Å². The summed E-state index contributed by atoms with van der Waals surface area (Å²) in [6.45, 7) is 6.83. The van der Waals surface area contributed by atoms with E-state index in [4.69, 9.17) is 5.73 Å². The standard InChI is InChI=1S/C13H28N2O3S.ClH/c1-5-6-7-8-19(17,18)9-12(16)15(4)11-13(2,3)10-14;/h5-11,14H2,1-4H3;1H. The van der Waals surface area contributed by atoms with E-state index in [-0.39, 0.29) is 29.5 Å². The van der Waals surface area contributed by atoms with Crippen molar-refractivity contribution >= 4 is 28.2 Å². The van der Waals surface area contributed by atoms with Gasteiger partial charge in [-0.15, -0.1) is 12.4 Å². The SMILES string of the molecule is CCCCCS(=O)(=O)CC(=O)N(C)CC(C)(C)CN.Cl. The van der Waals surface area contributed by atoms with Gasteiger partial charge in [0.15, 0.2) is 9.84 Å². The van der Waals surface area contributed by atoms with Gasteiger partial charge in [-0.25, -0.2) is 8.42 Å². The van der Waals surface area contributed by atoms with E-state index in [9.17, 15) is 13.2 Å². The van der Waals surface area contributed by atoms with Crippen LogP contribution in [-0.4, -0.2) is 50.9 Å². The van der Waals surface area contributed by atoms with Crippen LogP contribution in [0.3, 0.4) is 0 Å². The molecule has 0 spiro atoms. The molecule has 0 rings (SSSR count). The maximum Gasteiger partial charge on any atom is 0.237 e. The quantitative estimate of drug-likeness (QED) is 0.650. The van der Waals surface area contributed by atoms with Gasteiger partial charge >= 0.3 is 0 Å². The average Bonchev–Trinajstić information content (AvgIpc) is 2.28. The van der Waals surface area contributed by atoms with Crippen LogP contribution in [0.15, 0.2) is 0 Å². The van der Waals surface area contributed by atoms with Crippen molar-refractivity contribution in [3.05, 3.63) is 0 Å². The highest BCUT2D eigenvalue weighted by atomic mass is 35.5. The van der Waals surface area contributed by atoms with Gasteiger partial charge in [0.05, 0.1) is 5.75 Å². The number of amides is 1. The van der Waals surface area contributed by atoms with Crippen LogP contribution >= 0.6 is 12.4 Å². The van der Waals surface area contributed by atoms with Crippen molar-refractivity contribution in [1.82, 2.24) is 4.90 Å². The zero-order valence-electron chi connectivity index (χ0n) is 13.0. The molecule has 0 bridgehead atoms. The lowest BCUT2D eigenvalue weighted by molar-refractivity contribution is -0.128. The highest BCUT2D eigenvalue weighted by molar-refractivity contribution is 7.92. The molecule has 0 aromatic carbocycles. The molecule has 0 saturated heterocycles. The van der Waals surface area contributed by atoms with Crippen LogP contribution in [0.5, 0.6) is 0 Å². The molecule has 0 aliphatic rings. The number of sulfone groups is 1. The summed E-state index contributed by atoms with van der Waals surface area (Å²) in [5, 5.41) is 0. The van der Waals surface area contributed by atoms with Crippen molar-refractivity contribution in [3.63, 3.8) is 0 Å². The zero-order valence-corrected chi connectivity index (χ0v) is 14.6. The van der Waals surface area contributed by atoms with Crippen LogP contribution in [0.2, 0.25) is 0 Å². The fourth-order valence-corrected chi connectivity index (χ4v) is 3.12. The first kappa shape index (κ1) is 22.0. The van der Waals surface area contributed by atoms with Gasteiger partial charge in [0, 0.05) is 13.6 Å². The topological polar surface area (TPSA) is 80.5 Å². The molecule has 20 heavy (non-hydrogen) atoms. The third kappa shape index (κ3) is 9.55. The Morgan fingerprint density at radius 1 is 1.25 bits per heavy atom. The number of rotatable bonds is 9. The lowest BCUT2D eigenvalue weighted by Crippen LogP contribution is -2.42. The Kier molecular flexibility index (Phi) is 10.5. The molecule has 122 valence electrons. The Hall–Kier alpha value is -0.330. The van der Waals surface area contributed by atoms with Crippen LogP contribution in [0.25, 0.3) is 0 Å². The first-order valence-electron chi connectivity index (χ1n) is 6.78. The summed E-state index contributed by atoms with van der Waals surface area (Å²) in [5.74, 6) is -0.646. The van der Waals surface area contributed by atoms with E-state index in [1.165, 1.54) is 4.90 Å². The van der Waals surface area contributed by atoms with E-state index >= 15 is 0 Å². The molecule has 0 aliphatic carbocycles. The van der Waals surface area contributed by atoms with E-state index in [0.29, 0.717) is 19.5 Å². The van der Waals surface area contributed by atoms with E-state index in [2.05, 4.69) is 0 Å². The first-order valence-corrected chi connectivity index (χ1v) is 8.60. The van der Waals surface area contributed by atoms with Gasteiger partial charge in [-0.2, -0.15) is 0 Å². The smallest absolute Gasteiger partial charge is 0.237 e. The lowest BCUT2D eigenvalue weighted by atomic mass is 9.93. The summed E-state index contributed by atoms with van der Waals surface area (Å²) in [4.78, 5) is 13.4. The summed E-state index contributed by atoms with van der Waals surface area (Å²) < 4.78 is 23.6. The molecule has 2 N–H and O–H groups in total. The molecule has 0 unspecified atom stereocenters. The number of nitrogens with zero attached hydrogens (tertiary/aromatic N) is 1. The molecule has 0 aromatic heterocycles. The molecular weight excluding hydrogens is 300 g/mol. The Labute approximate surface area is 129 Å². The first-order chi connectivity index (χ1) is 8.63. The van der Waals surface area contributed by atoms with Crippen LogP contribution in [0.1, 0.15) is 40.0 Å². The lowest BCUT2D eigenvalue weighted by Gasteiger charge is -2.29. The van der Waals surface area contributed by atoms with Crippen molar-refractivity contribution in [2.45, 2.75) is 40.0 Å². The minimum absolute atomic E-state index is 0. The second-order valence-corrected chi connectivity index (χ2v) is 8.10. The predicted molar refractivity (Wildman–Crippen MR) is 85.9 cm³/mol. The molecule has 7 heteroatoms. The highest BCUT2D eigenvalue weighted by Gasteiger charge is 2.24. The second-order valence-electron chi connectivity index (χ2n) is 5.92. The molecule has 5 nitrogen and oxygen atoms in total. The van der Waals surface area contributed by atoms with E-state index < -0.39 is 15.6 Å². The summed E-state index contributed by atoms with van der Waals surface area (Å²) in [6, 6.07) is 0. The minimum Gasteiger partial charge on any atom is -0.344 e. The van der Waals surface area contributed by atoms with E-state index in [1.807, 2.05) is 20.8 Å². The highest BCUT2D eigenvalue weighted by Crippen LogP contribution is 2.14. The number of hydrogen-bond donors (Lipinski definition) is 1. The molecule has 0 atom stereocenters. The zero-order chi connectivity index (χ0) is 15.1. The predicted octanol–water partition coefficient (Wildman–Crippen LogP) is 1.46. The molecular formula is C13H29ClN2O3S. The fraction of sp³-hybridized carbons (Fsp3) is 0.923. The monoisotopic (exact) mass is 328 g/mol. The molecule has 0 fully saturated rings. The third-order valence-electron chi connectivity index (χ3n) is 3.05. The number of carbonyl (C=O) groups excluding carboxylic acids is 1. The van der Waals surface area contributed by atoms with Gasteiger partial charge in [0.25, 0.3) is 0 Å². The minimum atomic E-state index is -3.28. The van der Waals surface area contributed by atoms with Gasteiger partial charge in [-0.1, -0.05) is 33.6 Å². The number of carbonyl (C=O) groups is 1. The number of nitrogens with two attached hydrogens (primary N) is 1. The normalized spacial score (nSPS) is 11.8. The Morgan fingerprint density at radius 2 is 1.80 bits per heavy atom. The van der Waals surface area contributed by atoms with Crippen molar-refractivity contribution in [1.29, 1.82) is 0 Å². The van der Waals surface area contributed by atoms with Crippen LogP contribution in [0.4, 0.5) is 0 Å². The van der Waals surface area contributed by atoms with Crippen LogP contribution in [-0.2, 0) is 14.6 Å². The van der Waals surface area contributed by atoms with Crippen molar-refractivity contribution in [2.24, 2.45) is 11.1 Å². The molecule has 0 saturated carbocycles. The van der Waals surface area contributed by atoms with Crippen molar-refractivity contribution < 1.29 is 13.2 Å². The molecule has 0 heterocycles. The van der Waals surface area contributed by atoms with Gasteiger partial charge in [0.2, 0.25) is 5.91 Å². The molecule has 1 amide bonds. The van der Waals surface area contributed by atoms with Gasteiger partial charge in [0.1, 0.15) is 5.75 Å².